The monoisotopic (exact) mass is 309 g/mol. The molecule has 0 spiro atoms. The molecule has 4 heteroatoms. The van der Waals surface area contributed by atoms with Crippen LogP contribution in [0.5, 0.6) is 0 Å². The van der Waals surface area contributed by atoms with Gasteiger partial charge < -0.3 is 4.74 Å². The number of hydrogen-bond acceptors (Lipinski definition) is 3. The number of ether oxygens (including phenoxy) is 1. The number of rotatable bonds is 4. The van der Waals surface area contributed by atoms with Gasteiger partial charge in [-0.05, 0) is 24.5 Å². The van der Waals surface area contributed by atoms with Crippen LogP contribution in [0, 0.1) is 6.92 Å². The minimum absolute atomic E-state index is 0.209. The highest BCUT2D eigenvalue weighted by atomic mass is 16.6. The van der Waals surface area contributed by atoms with E-state index >= 15 is 0 Å². The summed E-state index contributed by atoms with van der Waals surface area (Å²) in [6.45, 7) is 2.26. The topological polar surface area (TPSA) is 46.6 Å². The maximum Gasteiger partial charge on any atom is 0.416 e. The van der Waals surface area contributed by atoms with E-state index in [4.69, 9.17) is 4.74 Å². The molecular weight excluding hydrogens is 290 g/mol. The van der Waals surface area contributed by atoms with Gasteiger partial charge in [0.15, 0.2) is 0 Å². The molecule has 0 aliphatic carbocycles. The standard InChI is InChI=1S/C19H19NO3/c1-14-7-9-16(10-8-14)12-18(21)20-17(13-23-19(20)22)11-15-5-3-2-4-6-15/h2-10,17H,11-13H2,1H3/t17-/m1/s1. The van der Waals surface area contributed by atoms with Crippen molar-refractivity contribution >= 4 is 12.0 Å². The molecule has 0 aromatic heterocycles. The average molecular weight is 309 g/mol. The minimum atomic E-state index is -0.539. The van der Waals surface area contributed by atoms with Gasteiger partial charge in [0.1, 0.15) is 6.61 Å². The highest BCUT2D eigenvalue weighted by molar-refractivity contribution is 5.94. The van der Waals surface area contributed by atoms with Crippen molar-refractivity contribution < 1.29 is 14.3 Å². The summed E-state index contributed by atoms with van der Waals surface area (Å²) in [4.78, 5) is 25.8. The van der Waals surface area contributed by atoms with Crippen LogP contribution < -0.4 is 0 Å². The van der Waals surface area contributed by atoms with Gasteiger partial charge >= 0.3 is 6.09 Å². The lowest BCUT2D eigenvalue weighted by molar-refractivity contribution is -0.128. The van der Waals surface area contributed by atoms with E-state index < -0.39 is 6.09 Å². The van der Waals surface area contributed by atoms with E-state index in [0.29, 0.717) is 6.42 Å². The maximum atomic E-state index is 12.5. The Morgan fingerprint density at radius 3 is 2.48 bits per heavy atom. The molecule has 3 rings (SSSR count). The number of benzene rings is 2. The second-order valence-electron chi connectivity index (χ2n) is 5.85. The maximum absolute atomic E-state index is 12.5. The first-order valence-corrected chi connectivity index (χ1v) is 7.72. The number of cyclic esters (lactones) is 1. The van der Waals surface area contributed by atoms with E-state index in [9.17, 15) is 9.59 Å². The number of amides is 2. The third-order valence-electron chi connectivity index (χ3n) is 4.02. The van der Waals surface area contributed by atoms with E-state index in [0.717, 1.165) is 16.7 Å². The molecule has 0 saturated carbocycles. The van der Waals surface area contributed by atoms with Gasteiger partial charge in [0.2, 0.25) is 5.91 Å². The van der Waals surface area contributed by atoms with Gasteiger partial charge in [-0.3, -0.25) is 4.79 Å². The SMILES string of the molecule is Cc1ccc(CC(=O)N2C(=O)OC[C@H]2Cc2ccccc2)cc1. The second-order valence-corrected chi connectivity index (χ2v) is 5.85. The molecule has 1 saturated heterocycles. The van der Waals surface area contributed by atoms with Crippen molar-refractivity contribution in [3.05, 3.63) is 71.3 Å². The predicted octanol–water partition coefficient (Wildman–Crippen LogP) is 3.13. The number of carbonyl (C=O) groups is 2. The molecule has 1 atom stereocenters. The van der Waals surface area contributed by atoms with Crippen LogP contribution in [0.25, 0.3) is 0 Å². The van der Waals surface area contributed by atoms with E-state index in [1.54, 1.807) is 0 Å². The van der Waals surface area contributed by atoms with Crippen LogP contribution in [0.1, 0.15) is 16.7 Å². The van der Waals surface area contributed by atoms with Crippen LogP contribution in [0.2, 0.25) is 0 Å². The molecule has 1 heterocycles. The fourth-order valence-corrected chi connectivity index (χ4v) is 2.77. The summed E-state index contributed by atoms with van der Waals surface area (Å²) in [6.07, 6.45) is 0.287. The van der Waals surface area contributed by atoms with Gasteiger partial charge in [-0.1, -0.05) is 60.2 Å². The fourth-order valence-electron chi connectivity index (χ4n) is 2.77. The van der Waals surface area contributed by atoms with E-state index in [1.807, 2.05) is 61.5 Å². The summed E-state index contributed by atoms with van der Waals surface area (Å²) in [5, 5.41) is 0. The van der Waals surface area contributed by atoms with Crippen molar-refractivity contribution in [2.45, 2.75) is 25.8 Å². The molecule has 1 fully saturated rings. The molecule has 4 nitrogen and oxygen atoms in total. The smallest absolute Gasteiger partial charge is 0.416 e. The van der Waals surface area contributed by atoms with Crippen molar-refractivity contribution in [1.82, 2.24) is 4.90 Å². The third kappa shape index (κ3) is 3.59. The Balaban J connectivity index is 1.71. The van der Waals surface area contributed by atoms with Crippen molar-refractivity contribution in [3.63, 3.8) is 0 Å². The van der Waals surface area contributed by atoms with Crippen LogP contribution in [0.3, 0.4) is 0 Å². The lowest BCUT2D eigenvalue weighted by Crippen LogP contribution is -2.41. The van der Waals surface area contributed by atoms with Gasteiger partial charge in [0.25, 0.3) is 0 Å². The van der Waals surface area contributed by atoms with E-state index in [2.05, 4.69) is 0 Å². The molecule has 23 heavy (non-hydrogen) atoms. The van der Waals surface area contributed by atoms with Crippen molar-refractivity contribution in [2.75, 3.05) is 6.61 Å². The minimum Gasteiger partial charge on any atom is -0.447 e. The zero-order valence-corrected chi connectivity index (χ0v) is 13.1. The van der Waals surface area contributed by atoms with E-state index in [1.165, 1.54) is 4.90 Å². The zero-order chi connectivity index (χ0) is 16.2. The van der Waals surface area contributed by atoms with Gasteiger partial charge in [-0.25, -0.2) is 9.69 Å². The van der Waals surface area contributed by atoms with Crippen LogP contribution in [-0.4, -0.2) is 29.5 Å². The van der Waals surface area contributed by atoms with E-state index in [-0.39, 0.29) is 25.0 Å². The lowest BCUT2D eigenvalue weighted by Gasteiger charge is -2.19. The van der Waals surface area contributed by atoms with Gasteiger partial charge in [0, 0.05) is 0 Å². The van der Waals surface area contributed by atoms with Gasteiger partial charge in [-0.2, -0.15) is 0 Å². The summed E-state index contributed by atoms with van der Waals surface area (Å²) >= 11 is 0. The molecule has 0 bridgehead atoms. The molecule has 2 amide bonds. The first-order valence-electron chi connectivity index (χ1n) is 7.72. The summed E-state index contributed by atoms with van der Waals surface area (Å²) in [5.74, 6) is -0.211. The number of carbonyl (C=O) groups excluding carboxylic acids is 2. The summed E-state index contributed by atoms with van der Waals surface area (Å²) in [5.41, 5.74) is 3.13. The largest absolute Gasteiger partial charge is 0.447 e. The van der Waals surface area contributed by atoms with Crippen LogP contribution >= 0.6 is 0 Å². The number of hydrogen-bond donors (Lipinski definition) is 0. The van der Waals surface area contributed by atoms with Crippen molar-refractivity contribution in [2.24, 2.45) is 0 Å². The first kappa shape index (κ1) is 15.3. The molecule has 2 aromatic rings. The van der Waals surface area contributed by atoms with Crippen LogP contribution in [-0.2, 0) is 22.4 Å². The first-order chi connectivity index (χ1) is 11.1. The van der Waals surface area contributed by atoms with Crippen LogP contribution in [0.15, 0.2) is 54.6 Å². The van der Waals surface area contributed by atoms with Crippen LogP contribution in [0.4, 0.5) is 4.79 Å². The molecule has 1 aliphatic rings. The Hall–Kier alpha value is -2.62. The quantitative estimate of drug-likeness (QED) is 0.871. The summed E-state index contributed by atoms with van der Waals surface area (Å²) in [6, 6.07) is 17.4. The summed E-state index contributed by atoms with van der Waals surface area (Å²) in [7, 11) is 0. The number of imide groups is 1. The highest BCUT2D eigenvalue weighted by Gasteiger charge is 2.37. The summed E-state index contributed by atoms with van der Waals surface area (Å²) < 4.78 is 5.09. The third-order valence-corrected chi connectivity index (χ3v) is 4.02. The molecule has 0 radical (unpaired) electrons. The Morgan fingerprint density at radius 1 is 1.09 bits per heavy atom. The van der Waals surface area contributed by atoms with Crippen molar-refractivity contribution in [1.29, 1.82) is 0 Å². The molecule has 2 aromatic carbocycles. The Bertz CT molecular complexity index is 694. The fraction of sp³-hybridized carbons (Fsp3) is 0.263. The zero-order valence-electron chi connectivity index (χ0n) is 13.1. The molecule has 1 aliphatic heterocycles. The molecule has 118 valence electrons. The molecule has 0 N–H and O–H groups in total. The average Bonchev–Trinajstić information content (AvgIpc) is 2.91. The predicted molar refractivity (Wildman–Crippen MR) is 87.0 cm³/mol. The number of nitrogens with zero attached hydrogens (tertiary/aromatic N) is 1. The van der Waals surface area contributed by atoms with Gasteiger partial charge in [0.05, 0.1) is 12.5 Å². The number of aryl methyl sites for hydroxylation is 1. The Morgan fingerprint density at radius 2 is 1.78 bits per heavy atom. The highest BCUT2D eigenvalue weighted by Crippen LogP contribution is 2.19. The Labute approximate surface area is 135 Å². The molecule has 0 unspecified atom stereocenters. The molecular formula is C19H19NO3. The lowest BCUT2D eigenvalue weighted by atomic mass is 10.0. The second kappa shape index (κ2) is 6.65. The van der Waals surface area contributed by atoms with Gasteiger partial charge in [-0.15, -0.1) is 0 Å². The Kier molecular flexibility index (Phi) is 4.42. The van der Waals surface area contributed by atoms with Crippen molar-refractivity contribution in [3.8, 4) is 0 Å². The normalized spacial score (nSPS) is 17.2.